The number of amides is 4. The molecule has 10 nitrogen and oxygen atoms in total. The highest BCUT2D eigenvalue weighted by atomic mass is 16.8. The number of carbonyl (C=O) groups is 4. The van der Waals surface area contributed by atoms with Crippen LogP contribution in [0.2, 0.25) is 0 Å². The minimum absolute atomic E-state index is 0.0573. The highest BCUT2D eigenvalue weighted by Crippen LogP contribution is 2.26. The maximum Gasteiger partial charge on any atom is 0.260 e. The average Bonchev–Trinajstić information content (AvgIpc) is 2.92. The number of nitrogens with zero attached hydrogens (tertiary/aromatic N) is 1. The molecule has 222 valence electrons. The summed E-state index contributed by atoms with van der Waals surface area (Å²) in [6, 6.07) is 9.70. The van der Waals surface area contributed by atoms with E-state index in [2.05, 4.69) is 16.2 Å². The van der Waals surface area contributed by atoms with Gasteiger partial charge in [0.25, 0.3) is 5.91 Å². The van der Waals surface area contributed by atoms with Crippen molar-refractivity contribution in [1.29, 1.82) is 0 Å². The third-order valence-corrected chi connectivity index (χ3v) is 6.40. The van der Waals surface area contributed by atoms with Crippen LogP contribution in [0.4, 0.5) is 0 Å². The van der Waals surface area contributed by atoms with E-state index in [0.29, 0.717) is 19.4 Å². The van der Waals surface area contributed by atoms with Crippen molar-refractivity contribution in [2.45, 2.75) is 73.0 Å². The second-order valence-corrected chi connectivity index (χ2v) is 11.1. The summed E-state index contributed by atoms with van der Waals surface area (Å²) in [6.07, 6.45) is 6.54. The second-order valence-electron chi connectivity index (χ2n) is 11.1. The van der Waals surface area contributed by atoms with E-state index in [0.717, 1.165) is 18.4 Å². The van der Waals surface area contributed by atoms with Crippen molar-refractivity contribution < 1.29 is 28.8 Å². The zero-order chi connectivity index (χ0) is 29.5. The van der Waals surface area contributed by atoms with Crippen molar-refractivity contribution in [3.8, 4) is 0 Å². The van der Waals surface area contributed by atoms with E-state index in [1.54, 1.807) is 0 Å². The van der Waals surface area contributed by atoms with Crippen molar-refractivity contribution in [1.82, 2.24) is 21.2 Å². The van der Waals surface area contributed by atoms with Crippen LogP contribution < -0.4 is 16.2 Å². The van der Waals surface area contributed by atoms with Gasteiger partial charge in [-0.3, -0.25) is 29.6 Å². The lowest BCUT2D eigenvalue weighted by Gasteiger charge is -2.31. The van der Waals surface area contributed by atoms with Crippen LogP contribution >= 0.6 is 0 Å². The summed E-state index contributed by atoms with van der Waals surface area (Å²) in [7, 11) is 0. The van der Waals surface area contributed by atoms with Gasteiger partial charge < -0.3 is 10.1 Å². The fourth-order valence-corrected chi connectivity index (χ4v) is 4.42. The number of hydroxylamine groups is 1. The Kier molecular flexibility index (Phi) is 14.4. The molecule has 2 rings (SSSR count). The van der Waals surface area contributed by atoms with Crippen LogP contribution in [0.3, 0.4) is 0 Å². The van der Waals surface area contributed by atoms with Gasteiger partial charge in [-0.1, -0.05) is 70.2 Å². The van der Waals surface area contributed by atoms with E-state index in [4.69, 9.17) is 9.57 Å². The molecule has 0 aliphatic carbocycles. The van der Waals surface area contributed by atoms with Gasteiger partial charge in [0.1, 0.15) is 0 Å². The Hall–Kier alpha value is -3.24. The standard InChI is InChI=1S/C30H46N4O6/c1-21(2)18-26(29(37)32-34(20-22(3)4)27(36)19-31-23(5)35)25(15-11-14-24-12-7-6-8-13-24)30(38)33-40-28-16-9-10-17-39-28/h6-8,11-14,21-22,25-26,28H,9-10,15-20H2,1-5H3,(H,31,35)(H,32,37)(H,33,38)/b14-11+/t25-,26+,28?/m0/s1. The zero-order valence-corrected chi connectivity index (χ0v) is 24.5. The van der Waals surface area contributed by atoms with E-state index in [1.807, 2.05) is 70.2 Å². The number of ether oxygens (including phenoxy) is 1. The number of hydrazine groups is 1. The molecule has 3 N–H and O–H groups in total. The number of hydrogen-bond acceptors (Lipinski definition) is 6. The molecule has 0 bridgehead atoms. The monoisotopic (exact) mass is 558 g/mol. The smallest absolute Gasteiger partial charge is 0.260 e. The minimum atomic E-state index is -0.766. The number of hydrogen-bond donors (Lipinski definition) is 3. The van der Waals surface area contributed by atoms with E-state index in [-0.39, 0.29) is 37.3 Å². The Balaban J connectivity index is 2.27. The number of allylic oxidation sites excluding steroid dienone is 1. The van der Waals surface area contributed by atoms with Gasteiger partial charge in [-0.25, -0.2) is 10.3 Å². The summed E-state index contributed by atoms with van der Waals surface area (Å²) < 4.78 is 5.57. The number of rotatable bonds is 14. The first-order valence-electron chi connectivity index (χ1n) is 14.2. The zero-order valence-electron chi connectivity index (χ0n) is 24.5. The van der Waals surface area contributed by atoms with Crippen molar-refractivity contribution in [3.05, 3.63) is 42.0 Å². The van der Waals surface area contributed by atoms with Crippen LogP contribution in [0.25, 0.3) is 6.08 Å². The molecule has 0 spiro atoms. The first kappa shape index (κ1) is 33.0. The highest BCUT2D eigenvalue weighted by Gasteiger charge is 2.35. The quantitative estimate of drug-likeness (QED) is 0.300. The Bertz CT molecular complexity index is 976. The Morgan fingerprint density at radius 2 is 1.75 bits per heavy atom. The molecule has 4 amide bonds. The van der Waals surface area contributed by atoms with Crippen molar-refractivity contribution in [2.24, 2.45) is 23.7 Å². The molecule has 1 aromatic rings. The van der Waals surface area contributed by atoms with Gasteiger partial charge in [-0.05, 0) is 43.1 Å². The maximum absolute atomic E-state index is 13.7. The van der Waals surface area contributed by atoms with Crippen molar-refractivity contribution in [3.63, 3.8) is 0 Å². The first-order chi connectivity index (χ1) is 19.1. The van der Waals surface area contributed by atoms with Crippen molar-refractivity contribution >= 4 is 29.7 Å². The fourth-order valence-electron chi connectivity index (χ4n) is 4.42. The fraction of sp³-hybridized carbons (Fsp3) is 0.600. The van der Waals surface area contributed by atoms with E-state index >= 15 is 0 Å². The molecule has 1 fully saturated rings. The normalized spacial score (nSPS) is 16.9. The van der Waals surface area contributed by atoms with Crippen LogP contribution in [0.1, 0.15) is 72.3 Å². The number of benzene rings is 1. The van der Waals surface area contributed by atoms with Gasteiger partial charge in [0.2, 0.25) is 17.7 Å². The summed E-state index contributed by atoms with van der Waals surface area (Å²) in [5.74, 6) is -3.01. The van der Waals surface area contributed by atoms with Gasteiger partial charge in [0.05, 0.1) is 18.4 Å². The molecule has 1 aromatic carbocycles. The largest absolute Gasteiger partial charge is 0.350 e. The molecule has 3 atom stereocenters. The molecule has 1 unspecified atom stereocenters. The van der Waals surface area contributed by atoms with E-state index in [9.17, 15) is 19.2 Å². The Morgan fingerprint density at radius 1 is 1.02 bits per heavy atom. The van der Waals surface area contributed by atoms with Gasteiger partial charge in [-0.2, -0.15) is 0 Å². The molecule has 0 radical (unpaired) electrons. The lowest BCUT2D eigenvalue weighted by Crippen LogP contribution is -2.54. The second kappa shape index (κ2) is 17.5. The summed E-state index contributed by atoms with van der Waals surface area (Å²) in [4.78, 5) is 57.0. The Labute approximate surface area is 238 Å². The SMILES string of the molecule is CC(=O)NCC(=O)N(CC(C)C)NC(=O)[C@H](CC(C)C)[C@H](C/C=C/c1ccccc1)C(=O)NOC1CCCCO1. The van der Waals surface area contributed by atoms with Crippen LogP contribution in [0.5, 0.6) is 0 Å². The van der Waals surface area contributed by atoms with Crippen LogP contribution in [0, 0.1) is 23.7 Å². The molecule has 1 heterocycles. The summed E-state index contributed by atoms with van der Waals surface area (Å²) >= 11 is 0. The lowest BCUT2D eigenvalue weighted by molar-refractivity contribution is -0.203. The molecule has 40 heavy (non-hydrogen) atoms. The molecule has 0 saturated carbocycles. The summed E-state index contributed by atoms with van der Waals surface area (Å²) in [5, 5.41) is 3.72. The summed E-state index contributed by atoms with van der Waals surface area (Å²) in [5.41, 5.74) is 6.27. The summed E-state index contributed by atoms with van der Waals surface area (Å²) in [6.45, 7) is 9.72. The molecule has 1 aliphatic heterocycles. The molecule has 10 heteroatoms. The highest BCUT2D eigenvalue weighted by molar-refractivity contribution is 5.90. The Morgan fingerprint density at radius 3 is 2.35 bits per heavy atom. The van der Waals surface area contributed by atoms with Gasteiger partial charge in [-0.15, -0.1) is 0 Å². The predicted octanol–water partition coefficient (Wildman–Crippen LogP) is 3.59. The average molecular weight is 559 g/mol. The van der Waals surface area contributed by atoms with Crippen LogP contribution in [0.15, 0.2) is 36.4 Å². The van der Waals surface area contributed by atoms with Gasteiger partial charge in [0, 0.05) is 26.5 Å². The molecular formula is C30H46N4O6. The number of carbonyl (C=O) groups excluding carboxylic acids is 4. The van der Waals surface area contributed by atoms with E-state index in [1.165, 1.54) is 11.9 Å². The van der Waals surface area contributed by atoms with Crippen molar-refractivity contribution in [2.75, 3.05) is 19.7 Å². The van der Waals surface area contributed by atoms with Gasteiger partial charge in [0.15, 0.2) is 6.29 Å². The first-order valence-corrected chi connectivity index (χ1v) is 14.2. The molecule has 1 saturated heterocycles. The van der Waals surface area contributed by atoms with Crippen LogP contribution in [-0.4, -0.2) is 54.6 Å². The number of nitrogens with one attached hydrogen (secondary N) is 3. The maximum atomic E-state index is 13.7. The predicted molar refractivity (Wildman–Crippen MR) is 153 cm³/mol. The van der Waals surface area contributed by atoms with E-state index < -0.39 is 35.8 Å². The third-order valence-electron chi connectivity index (χ3n) is 6.40. The molecule has 0 aromatic heterocycles. The molecular weight excluding hydrogens is 512 g/mol. The third kappa shape index (κ3) is 12.3. The lowest BCUT2D eigenvalue weighted by atomic mass is 9.82. The topological polar surface area (TPSA) is 126 Å². The van der Waals surface area contributed by atoms with Gasteiger partial charge >= 0.3 is 0 Å². The molecule has 1 aliphatic rings. The van der Waals surface area contributed by atoms with Crippen LogP contribution in [-0.2, 0) is 28.8 Å². The minimum Gasteiger partial charge on any atom is -0.350 e.